The Labute approximate surface area is 114 Å². The maximum absolute atomic E-state index is 10.9. The molecule has 1 fully saturated rings. The average molecular weight is 336 g/mol. The highest BCUT2D eigenvalue weighted by Crippen LogP contribution is 2.31. The van der Waals surface area contributed by atoms with Gasteiger partial charge < -0.3 is 4.74 Å². The molecule has 1 aromatic heterocycles. The van der Waals surface area contributed by atoms with Crippen LogP contribution in [0.1, 0.15) is 24.6 Å². The Bertz CT molecular complexity index is 520. The van der Waals surface area contributed by atoms with Gasteiger partial charge in [-0.3, -0.25) is 4.55 Å². The van der Waals surface area contributed by atoms with E-state index in [1.807, 2.05) is 18.2 Å². The molecular formula is C11H14BrNO4S. The molecule has 2 unspecified atom stereocenters. The smallest absolute Gasteiger partial charge is 0.265 e. The van der Waals surface area contributed by atoms with Crippen molar-refractivity contribution >= 4 is 26.0 Å². The summed E-state index contributed by atoms with van der Waals surface area (Å²) in [4.78, 5) is 4.31. The first-order valence-corrected chi connectivity index (χ1v) is 8.03. The van der Waals surface area contributed by atoms with E-state index in [0.717, 1.165) is 10.3 Å². The van der Waals surface area contributed by atoms with Crippen molar-refractivity contribution in [2.75, 3.05) is 12.4 Å². The average Bonchev–Trinajstić information content (AvgIpc) is 2.27. The fourth-order valence-electron chi connectivity index (χ4n) is 2.12. The van der Waals surface area contributed by atoms with Crippen molar-refractivity contribution in [1.82, 2.24) is 4.98 Å². The summed E-state index contributed by atoms with van der Waals surface area (Å²) in [5.41, 5.74) is 0.782. The van der Waals surface area contributed by atoms with Gasteiger partial charge in [0.05, 0.1) is 17.6 Å². The number of pyridine rings is 1. The lowest BCUT2D eigenvalue weighted by Gasteiger charge is -2.28. The first kappa shape index (κ1) is 13.9. The maximum Gasteiger partial charge on any atom is 0.265 e. The van der Waals surface area contributed by atoms with E-state index in [1.54, 1.807) is 0 Å². The Morgan fingerprint density at radius 1 is 1.50 bits per heavy atom. The summed E-state index contributed by atoms with van der Waals surface area (Å²) in [6.07, 6.45) is 0.996. The Balaban J connectivity index is 2.07. The minimum absolute atomic E-state index is 0.0838. The SMILES string of the molecule is O=S(=O)(O)CC1CCOC(c2cccc(Br)n2)C1. The lowest BCUT2D eigenvalue weighted by molar-refractivity contribution is -0.00839. The van der Waals surface area contributed by atoms with Crippen molar-refractivity contribution in [3.8, 4) is 0 Å². The second kappa shape index (κ2) is 5.64. The van der Waals surface area contributed by atoms with Gasteiger partial charge in [-0.05, 0) is 46.8 Å². The molecule has 0 aliphatic carbocycles. The van der Waals surface area contributed by atoms with Crippen LogP contribution in [0.5, 0.6) is 0 Å². The van der Waals surface area contributed by atoms with Crippen molar-refractivity contribution in [2.24, 2.45) is 5.92 Å². The predicted octanol–water partition coefficient (Wildman–Crippen LogP) is 2.20. The first-order chi connectivity index (χ1) is 8.44. The van der Waals surface area contributed by atoms with Gasteiger partial charge >= 0.3 is 0 Å². The van der Waals surface area contributed by atoms with E-state index >= 15 is 0 Å². The van der Waals surface area contributed by atoms with Crippen molar-refractivity contribution < 1.29 is 17.7 Å². The van der Waals surface area contributed by atoms with Crippen molar-refractivity contribution in [2.45, 2.75) is 18.9 Å². The highest BCUT2D eigenvalue weighted by atomic mass is 79.9. The second-order valence-corrected chi connectivity index (χ2v) is 6.69. The monoisotopic (exact) mass is 335 g/mol. The van der Waals surface area contributed by atoms with Crippen LogP contribution in [0.15, 0.2) is 22.8 Å². The molecule has 0 amide bonds. The summed E-state index contributed by atoms with van der Waals surface area (Å²) in [6, 6.07) is 5.54. The van der Waals surface area contributed by atoms with E-state index in [-0.39, 0.29) is 17.8 Å². The molecule has 0 saturated carbocycles. The van der Waals surface area contributed by atoms with E-state index in [2.05, 4.69) is 20.9 Å². The normalized spacial score (nSPS) is 25.0. The van der Waals surface area contributed by atoms with Crippen molar-refractivity contribution in [1.29, 1.82) is 0 Å². The van der Waals surface area contributed by atoms with E-state index in [4.69, 9.17) is 9.29 Å². The van der Waals surface area contributed by atoms with E-state index in [9.17, 15) is 8.42 Å². The molecule has 7 heteroatoms. The number of halogens is 1. The molecule has 2 atom stereocenters. The van der Waals surface area contributed by atoms with Crippen LogP contribution in [0, 0.1) is 5.92 Å². The minimum atomic E-state index is -3.92. The van der Waals surface area contributed by atoms with Crippen LogP contribution in [0.4, 0.5) is 0 Å². The van der Waals surface area contributed by atoms with Crippen LogP contribution < -0.4 is 0 Å². The van der Waals surface area contributed by atoms with E-state index in [1.165, 1.54) is 0 Å². The number of rotatable bonds is 3. The Kier molecular flexibility index (Phi) is 4.37. The van der Waals surface area contributed by atoms with Gasteiger partial charge in [0.15, 0.2) is 0 Å². The van der Waals surface area contributed by atoms with Gasteiger partial charge in [-0.2, -0.15) is 8.42 Å². The minimum Gasteiger partial charge on any atom is -0.372 e. The second-order valence-electron chi connectivity index (χ2n) is 4.38. The molecule has 18 heavy (non-hydrogen) atoms. The topological polar surface area (TPSA) is 76.5 Å². The lowest BCUT2D eigenvalue weighted by Crippen LogP contribution is -2.26. The van der Waals surface area contributed by atoms with Gasteiger partial charge in [-0.15, -0.1) is 0 Å². The van der Waals surface area contributed by atoms with Crippen LogP contribution in [0.2, 0.25) is 0 Å². The molecule has 0 aromatic carbocycles. The molecule has 0 bridgehead atoms. The van der Waals surface area contributed by atoms with Gasteiger partial charge in [-0.1, -0.05) is 6.07 Å². The summed E-state index contributed by atoms with van der Waals surface area (Å²) in [6.45, 7) is 0.485. The molecule has 1 aliphatic heterocycles. The largest absolute Gasteiger partial charge is 0.372 e. The van der Waals surface area contributed by atoms with Crippen LogP contribution in [0.25, 0.3) is 0 Å². The van der Waals surface area contributed by atoms with Crippen LogP contribution in [-0.2, 0) is 14.9 Å². The summed E-state index contributed by atoms with van der Waals surface area (Å²) in [5, 5.41) is 0. The van der Waals surface area contributed by atoms with Crippen LogP contribution in [-0.4, -0.2) is 30.3 Å². The highest BCUT2D eigenvalue weighted by Gasteiger charge is 2.27. The zero-order chi connectivity index (χ0) is 13.2. The van der Waals surface area contributed by atoms with Gasteiger partial charge in [-0.25, -0.2) is 4.98 Å². The zero-order valence-corrected chi connectivity index (χ0v) is 12.0. The lowest BCUT2D eigenvalue weighted by atomic mass is 9.95. The molecule has 1 saturated heterocycles. The predicted molar refractivity (Wildman–Crippen MR) is 69.8 cm³/mol. The Morgan fingerprint density at radius 2 is 2.28 bits per heavy atom. The van der Waals surface area contributed by atoms with Gasteiger partial charge in [0.1, 0.15) is 4.60 Å². The number of hydrogen-bond acceptors (Lipinski definition) is 4. The third kappa shape index (κ3) is 4.01. The van der Waals surface area contributed by atoms with Gasteiger partial charge in [0.25, 0.3) is 10.1 Å². The third-order valence-corrected chi connectivity index (χ3v) is 4.24. The summed E-state index contributed by atoms with van der Waals surface area (Å²) < 4.78 is 37.0. The standard InChI is InChI=1S/C11H14BrNO4S/c12-11-3-1-2-9(13-11)10-6-8(4-5-17-10)7-18(14,15)16/h1-3,8,10H,4-7H2,(H,14,15,16). The number of ether oxygens (including phenoxy) is 1. The summed E-state index contributed by atoms with van der Waals surface area (Å²) in [5.74, 6) is -0.291. The molecule has 2 rings (SSSR count). The molecule has 0 spiro atoms. The molecular weight excluding hydrogens is 322 g/mol. The quantitative estimate of drug-likeness (QED) is 0.676. The zero-order valence-electron chi connectivity index (χ0n) is 9.62. The summed E-state index contributed by atoms with van der Waals surface area (Å²) in [7, 11) is -3.92. The van der Waals surface area contributed by atoms with E-state index in [0.29, 0.717) is 19.4 Å². The number of nitrogens with zero attached hydrogens (tertiary/aromatic N) is 1. The fourth-order valence-corrected chi connectivity index (χ4v) is 3.38. The molecule has 100 valence electrons. The fraction of sp³-hybridized carbons (Fsp3) is 0.545. The highest BCUT2D eigenvalue weighted by molar-refractivity contribution is 9.10. The Hall–Kier alpha value is -0.500. The van der Waals surface area contributed by atoms with Crippen LogP contribution in [0.3, 0.4) is 0 Å². The first-order valence-electron chi connectivity index (χ1n) is 5.63. The molecule has 5 nitrogen and oxygen atoms in total. The molecule has 1 N–H and O–H groups in total. The van der Waals surface area contributed by atoms with Gasteiger partial charge in [0.2, 0.25) is 0 Å². The number of aromatic nitrogens is 1. The Morgan fingerprint density at radius 3 is 2.94 bits per heavy atom. The van der Waals surface area contributed by atoms with Gasteiger partial charge in [0, 0.05) is 6.61 Å². The van der Waals surface area contributed by atoms with Crippen molar-refractivity contribution in [3.63, 3.8) is 0 Å². The molecule has 1 aromatic rings. The van der Waals surface area contributed by atoms with E-state index < -0.39 is 10.1 Å². The molecule has 0 radical (unpaired) electrons. The molecule has 1 aliphatic rings. The van der Waals surface area contributed by atoms with Crippen molar-refractivity contribution in [3.05, 3.63) is 28.5 Å². The molecule has 2 heterocycles. The summed E-state index contributed by atoms with van der Waals surface area (Å²) >= 11 is 3.29. The van der Waals surface area contributed by atoms with Crippen LogP contribution >= 0.6 is 15.9 Å². The maximum atomic E-state index is 10.9. The number of hydrogen-bond donors (Lipinski definition) is 1. The third-order valence-electron chi connectivity index (χ3n) is 2.91.